The van der Waals surface area contributed by atoms with Crippen molar-refractivity contribution in [3.05, 3.63) is 76.7 Å². The van der Waals surface area contributed by atoms with Gasteiger partial charge in [-0.15, -0.1) is 11.3 Å². The number of carbonyl (C=O) groups excluding carboxylic acids is 1. The Morgan fingerprint density at radius 2 is 1.69 bits per heavy atom. The topological polar surface area (TPSA) is 87.9 Å². The average Bonchev–Trinajstić information content (AvgIpc) is 3.70. The third-order valence-corrected chi connectivity index (χ3v) is 12.2. The lowest BCUT2D eigenvalue weighted by Crippen LogP contribution is -2.50. The molecule has 254 valence electrons. The number of morpholine rings is 1. The number of hydrogen-bond donors (Lipinski definition) is 1. The molecule has 49 heavy (non-hydrogen) atoms. The number of aromatic nitrogens is 2. The van der Waals surface area contributed by atoms with E-state index in [9.17, 15) is 14.7 Å². The second-order valence-electron chi connectivity index (χ2n) is 14.0. The summed E-state index contributed by atoms with van der Waals surface area (Å²) in [5.41, 5.74) is 8.40. The molecule has 1 N–H and O–H groups in total. The van der Waals surface area contributed by atoms with Crippen LogP contribution in [0.4, 0.5) is 0 Å². The van der Waals surface area contributed by atoms with Gasteiger partial charge in [0.2, 0.25) is 5.91 Å². The molecule has 5 heterocycles. The molecule has 8 rings (SSSR count). The molecule has 1 amide bonds. The van der Waals surface area contributed by atoms with Crippen LogP contribution in [0.25, 0.3) is 43.6 Å². The smallest absolute Gasteiger partial charge is 0.345 e. The normalized spacial score (nSPS) is 18.4. The van der Waals surface area contributed by atoms with E-state index < -0.39 is 5.97 Å². The Hall–Kier alpha value is -4.05. The van der Waals surface area contributed by atoms with Gasteiger partial charge in [-0.3, -0.25) is 9.69 Å². The van der Waals surface area contributed by atoms with Gasteiger partial charge < -0.3 is 19.3 Å². The van der Waals surface area contributed by atoms with E-state index in [4.69, 9.17) is 9.72 Å². The van der Waals surface area contributed by atoms with Crippen LogP contribution in [0.15, 0.2) is 60.7 Å². The number of thiophene rings is 1. The van der Waals surface area contributed by atoms with Crippen LogP contribution in [0.1, 0.15) is 71.7 Å². The Labute approximate surface area is 291 Å². The van der Waals surface area contributed by atoms with Crippen molar-refractivity contribution in [2.45, 2.75) is 70.4 Å². The number of ether oxygens (including phenoxy) is 1. The summed E-state index contributed by atoms with van der Waals surface area (Å²) in [6, 6.07) is 21.3. The number of carbonyl (C=O) groups is 2. The number of aryl methyl sites for hydroxylation is 1. The molecule has 0 bridgehead atoms. The number of hydrogen-bond acceptors (Lipinski definition) is 6. The Balaban J connectivity index is 1.18. The van der Waals surface area contributed by atoms with Gasteiger partial charge in [-0.1, -0.05) is 55.7 Å². The number of fused-ring (bicyclic) bond motifs is 2. The number of carboxylic acid groups (broad SMARTS) is 1. The van der Waals surface area contributed by atoms with Gasteiger partial charge in [0.1, 0.15) is 11.4 Å². The standard InChI is InChI=1S/C40H44N4O4S/c1-26-7-5-6-10-31(26)33-14-11-28-23-29(12-13-32(28)41-33)38-37(27-8-3-2-4-9-27)39-34(24-35(49-39)40(46)47)44(38)25-36(45)43-17-15-30(16-18-43)42-19-21-48-22-20-42/h5-7,10-14,23-24,27,30H,2-4,8-9,15-22,25H2,1H3,(H,46,47). The predicted octanol–water partition coefficient (Wildman–Crippen LogP) is 7.96. The largest absolute Gasteiger partial charge is 0.477 e. The third kappa shape index (κ3) is 6.28. The summed E-state index contributed by atoms with van der Waals surface area (Å²) in [6.07, 6.45) is 7.63. The highest BCUT2D eigenvalue weighted by Crippen LogP contribution is 2.47. The maximum absolute atomic E-state index is 14.2. The third-order valence-electron chi connectivity index (χ3n) is 11.1. The van der Waals surface area contributed by atoms with Crippen molar-refractivity contribution in [1.82, 2.24) is 19.4 Å². The van der Waals surface area contributed by atoms with Crippen LogP contribution in [0.2, 0.25) is 0 Å². The van der Waals surface area contributed by atoms with E-state index in [2.05, 4.69) is 58.9 Å². The molecule has 3 fully saturated rings. The van der Waals surface area contributed by atoms with Gasteiger partial charge in [0.15, 0.2) is 0 Å². The molecular weight excluding hydrogens is 633 g/mol. The lowest BCUT2D eigenvalue weighted by Gasteiger charge is -2.40. The van der Waals surface area contributed by atoms with Crippen molar-refractivity contribution in [1.29, 1.82) is 0 Å². The minimum Gasteiger partial charge on any atom is -0.477 e. The van der Waals surface area contributed by atoms with Crippen LogP contribution in [-0.2, 0) is 16.1 Å². The molecule has 9 heteroatoms. The Kier molecular flexibility index (Phi) is 8.99. The van der Waals surface area contributed by atoms with Gasteiger partial charge in [0.25, 0.3) is 0 Å². The summed E-state index contributed by atoms with van der Waals surface area (Å²) >= 11 is 1.37. The zero-order chi connectivity index (χ0) is 33.5. The van der Waals surface area contributed by atoms with Gasteiger partial charge in [-0.2, -0.15) is 0 Å². The van der Waals surface area contributed by atoms with E-state index in [1.165, 1.54) is 28.9 Å². The summed E-state index contributed by atoms with van der Waals surface area (Å²) in [5, 5.41) is 11.1. The molecular formula is C40H44N4O4S. The van der Waals surface area contributed by atoms with Crippen LogP contribution in [0, 0.1) is 6.92 Å². The molecule has 0 unspecified atom stereocenters. The molecule has 0 spiro atoms. The van der Waals surface area contributed by atoms with Crippen molar-refractivity contribution in [2.75, 3.05) is 39.4 Å². The number of nitrogens with zero attached hydrogens (tertiary/aromatic N) is 4. The van der Waals surface area contributed by atoms with Gasteiger partial charge >= 0.3 is 5.97 Å². The molecule has 1 aliphatic carbocycles. The number of benzene rings is 2. The van der Waals surface area contributed by atoms with Crippen molar-refractivity contribution in [3.63, 3.8) is 0 Å². The fourth-order valence-corrected chi connectivity index (χ4v) is 9.57. The number of carboxylic acids is 1. The number of rotatable bonds is 7. The molecule has 1 saturated carbocycles. The maximum atomic E-state index is 14.2. The maximum Gasteiger partial charge on any atom is 0.345 e. The summed E-state index contributed by atoms with van der Waals surface area (Å²) in [4.78, 5) is 36.3. The van der Waals surface area contributed by atoms with Crippen LogP contribution in [-0.4, -0.2) is 81.8 Å². The lowest BCUT2D eigenvalue weighted by molar-refractivity contribution is -0.133. The summed E-state index contributed by atoms with van der Waals surface area (Å²) < 4.78 is 8.73. The lowest BCUT2D eigenvalue weighted by atomic mass is 9.83. The summed E-state index contributed by atoms with van der Waals surface area (Å²) in [7, 11) is 0. The van der Waals surface area contributed by atoms with E-state index in [1.807, 2.05) is 17.0 Å². The zero-order valence-corrected chi connectivity index (χ0v) is 29.0. The number of piperidine rings is 1. The first-order valence-corrected chi connectivity index (χ1v) is 18.7. The van der Waals surface area contributed by atoms with Gasteiger partial charge in [0.05, 0.1) is 40.3 Å². The van der Waals surface area contributed by atoms with E-state index in [0.29, 0.717) is 16.8 Å². The zero-order valence-electron chi connectivity index (χ0n) is 28.2. The summed E-state index contributed by atoms with van der Waals surface area (Å²) in [6.45, 7) is 7.28. The van der Waals surface area contributed by atoms with E-state index in [0.717, 1.165) is 122 Å². The molecule has 2 aliphatic heterocycles. The molecule has 2 saturated heterocycles. The fraction of sp³-hybridized carbons (Fsp3) is 0.425. The van der Waals surface area contributed by atoms with Crippen molar-refractivity contribution >= 4 is 44.3 Å². The van der Waals surface area contributed by atoms with E-state index in [-0.39, 0.29) is 12.5 Å². The van der Waals surface area contributed by atoms with Crippen LogP contribution >= 0.6 is 11.3 Å². The van der Waals surface area contributed by atoms with Gasteiger partial charge in [-0.25, -0.2) is 9.78 Å². The first kappa shape index (κ1) is 32.2. The van der Waals surface area contributed by atoms with E-state index >= 15 is 0 Å². The second-order valence-corrected chi connectivity index (χ2v) is 15.0. The number of aromatic carboxylic acids is 1. The van der Waals surface area contributed by atoms with Gasteiger partial charge in [-0.05, 0) is 79.5 Å². The van der Waals surface area contributed by atoms with Crippen LogP contribution < -0.4 is 0 Å². The average molecular weight is 677 g/mol. The second kappa shape index (κ2) is 13.7. The Morgan fingerprint density at radius 3 is 2.45 bits per heavy atom. The number of amides is 1. The number of likely N-dealkylation sites (tertiary alicyclic amines) is 1. The Morgan fingerprint density at radius 1 is 0.918 bits per heavy atom. The molecule has 3 aliphatic rings. The fourth-order valence-electron chi connectivity index (χ4n) is 8.44. The monoisotopic (exact) mass is 676 g/mol. The molecule has 0 radical (unpaired) electrons. The van der Waals surface area contributed by atoms with Crippen LogP contribution in [0.5, 0.6) is 0 Å². The van der Waals surface area contributed by atoms with Gasteiger partial charge in [0, 0.05) is 43.2 Å². The molecule has 5 aromatic rings. The minimum absolute atomic E-state index is 0.0992. The quantitative estimate of drug-likeness (QED) is 0.188. The molecule has 8 nitrogen and oxygen atoms in total. The molecule has 3 aromatic heterocycles. The van der Waals surface area contributed by atoms with Crippen LogP contribution in [0.3, 0.4) is 0 Å². The molecule has 0 atom stereocenters. The van der Waals surface area contributed by atoms with Crippen molar-refractivity contribution in [3.8, 4) is 22.5 Å². The highest BCUT2D eigenvalue weighted by Gasteiger charge is 2.32. The number of pyridine rings is 1. The highest BCUT2D eigenvalue weighted by molar-refractivity contribution is 7.21. The van der Waals surface area contributed by atoms with E-state index in [1.54, 1.807) is 6.07 Å². The Bertz CT molecular complexity index is 2010. The van der Waals surface area contributed by atoms with Crippen molar-refractivity contribution in [2.24, 2.45) is 0 Å². The summed E-state index contributed by atoms with van der Waals surface area (Å²) in [5.74, 6) is -0.492. The predicted molar refractivity (Wildman–Crippen MR) is 196 cm³/mol. The van der Waals surface area contributed by atoms with Crippen molar-refractivity contribution < 1.29 is 19.4 Å². The SMILES string of the molecule is Cc1ccccc1-c1ccc2cc(-c3c(C4CCCCC4)c4sc(C(=O)O)cc4n3CC(=O)N3CCC(N4CCOCC4)CC3)ccc2n1. The first-order valence-electron chi connectivity index (χ1n) is 17.9. The minimum atomic E-state index is -0.915. The highest BCUT2D eigenvalue weighted by atomic mass is 32.1. The molecule has 2 aromatic carbocycles. The first-order chi connectivity index (χ1) is 23.9.